The quantitative estimate of drug-likeness (QED) is 0.607. The topological polar surface area (TPSA) is 49.4 Å². The molecular weight excluding hydrogens is 384 g/mol. The molecule has 1 saturated carbocycles. The summed E-state index contributed by atoms with van der Waals surface area (Å²) < 4.78 is 0. The molecule has 0 aliphatic heterocycles. The van der Waals surface area contributed by atoms with Crippen molar-refractivity contribution in [1.29, 1.82) is 0 Å². The molecule has 0 bridgehead atoms. The minimum Gasteiger partial charge on any atom is -0.352 e. The van der Waals surface area contributed by atoms with Crippen molar-refractivity contribution in [3.05, 3.63) is 71.3 Å². The van der Waals surface area contributed by atoms with Gasteiger partial charge >= 0.3 is 0 Å². The summed E-state index contributed by atoms with van der Waals surface area (Å²) in [6.45, 7) is 4.52. The zero-order valence-corrected chi connectivity index (χ0v) is 19.0. The largest absolute Gasteiger partial charge is 0.352 e. The van der Waals surface area contributed by atoms with E-state index in [-0.39, 0.29) is 17.9 Å². The molecule has 1 aliphatic carbocycles. The van der Waals surface area contributed by atoms with E-state index in [0.717, 1.165) is 24.0 Å². The second kappa shape index (κ2) is 11.7. The maximum Gasteiger partial charge on any atom is 0.243 e. The van der Waals surface area contributed by atoms with E-state index in [2.05, 4.69) is 36.5 Å². The van der Waals surface area contributed by atoms with Gasteiger partial charge in [0, 0.05) is 19.0 Å². The Hall–Kier alpha value is -2.62. The van der Waals surface area contributed by atoms with Crippen molar-refractivity contribution < 1.29 is 9.59 Å². The van der Waals surface area contributed by atoms with E-state index in [1.54, 1.807) is 4.90 Å². The molecule has 2 aromatic rings. The van der Waals surface area contributed by atoms with Gasteiger partial charge in [0.25, 0.3) is 0 Å². The van der Waals surface area contributed by atoms with E-state index in [4.69, 9.17) is 0 Å². The van der Waals surface area contributed by atoms with Gasteiger partial charge in [0.1, 0.15) is 6.04 Å². The highest BCUT2D eigenvalue weighted by molar-refractivity contribution is 5.88. The number of carbonyl (C=O) groups is 2. The molecule has 1 N–H and O–H groups in total. The molecule has 0 spiro atoms. The normalized spacial score (nSPS) is 15.3. The van der Waals surface area contributed by atoms with Crippen molar-refractivity contribution in [2.24, 2.45) is 0 Å². The molecule has 166 valence electrons. The third-order valence-corrected chi connectivity index (χ3v) is 6.28. The number of rotatable bonds is 9. The monoisotopic (exact) mass is 420 g/mol. The van der Waals surface area contributed by atoms with Crippen molar-refractivity contribution in [3.8, 4) is 0 Å². The average molecular weight is 421 g/mol. The lowest BCUT2D eigenvalue weighted by Crippen LogP contribution is -2.51. The van der Waals surface area contributed by atoms with Gasteiger partial charge in [0.05, 0.1) is 0 Å². The van der Waals surface area contributed by atoms with Gasteiger partial charge < -0.3 is 10.2 Å². The molecule has 0 saturated heterocycles. The van der Waals surface area contributed by atoms with E-state index < -0.39 is 6.04 Å². The molecule has 4 heteroatoms. The van der Waals surface area contributed by atoms with Gasteiger partial charge in [-0.2, -0.15) is 0 Å². The predicted octanol–water partition coefficient (Wildman–Crippen LogP) is 5.18. The molecule has 1 aliphatic rings. The Balaban J connectivity index is 1.73. The molecule has 4 nitrogen and oxygen atoms in total. The maximum absolute atomic E-state index is 13.3. The number of hydrogen-bond acceptors (Lipinski definition) is 2. The van der Waals surface area contributed by atoms with Crippen LogP contribution in [0.4, 0.5) is 0 Å². The molecule has 1 fully saturated rings. The minimum atomic E-state index is -0.438. The molecule has 1 atom stereocenters. The molecule has 2 aromatic carbocycles. The van der Waals surface area contributed by atoms with Crippen LogP contribution in [-0.4, -0.2) is 28.8 Å². The minimum absolute atomic E-state index is 0.00503. The number of hydrogen-bond donors (Lipinski definition) is 1. The Bertz CT molecular complexity index is 826. The van der Waals surface area contributed by atoms with Crippen LogP contribution in [0.15, 0.2) is 54.6 Å². The molecular formula is C27H36N2O2. The number of amides is 2. The summed E-state index contributed by atoms with van der Waals surface area (Å²) in [4.78, 5) is 28.3. The second-order valence-electron chi connectivity index (χ2n) is 8.76. The zero-order chi connectivity index (χ0) is 22.1. The van der Waals surface area contributed by atoms with Gasteiger partial charge in [-0.1, -0.05) is 86.3 Å². The summed E-state index contributed by atoms with van der Waals surface area (Å²) in [7, 11) is 0. The van der Waals surface area contributed by atoms with E-state index in [9.17, 15) is 9.59 Å². The number of aryl methyl sites for hydroxylation is 2. The van der Waals surface area contributed by atoms with Crippen LogP contribution in [0.25, 0.3) is 0 Å². The fourth-order valence-electron chi connectivity index (χ4n) is 4.39. The van der Waals surface area contributed by atoms with Gasteiger partial charge in [-0.3, -0.25) is 9.59 Å². The van der Waals surface area contributed by atoms with Crippen LogP contribution < -0.4 is 5.32 Å². The molecule has 3 rings (SSSR count). The Morgan fingerprint density at radius 3 is 2.29 bits per heavy atom. The molecule has 0 unspecified atom stereocenters. The zero-order valence-electron chi connectivity index (χ0n) is 19.0. The molecule has 31 heavy (non-hydrogen) atoms. The van der Waals surface area contributed by atoms with Crippen LogP contribution >= 0.6 is 0 Å². The molecule has 0 aromatic heterocycles. The van der Waals surface area contributed by atoms with Gasteiger partial charge in [-0.05, 0) is 43.7 Å². The lowest BCUT2D eigenvalue weighted by molar-refractivity contribution is -0.141. The van der Waals surface area contributed by atoms with E-state index in [1.165, 1.54) is 24.8 Å². The molecule has 2 amide bonds. The second-order valence-corrected chi connectivity index (χ2v) is 8.76. The highest BCUT2D eigenvalue weighted by Crippen LogP contribution is 2.20. The number of carbonyl (C=O) groups excluding carboxylic acids is 2. The smallest absolute Gasteiger partial charge is 0.243 e. The van der Waals surface area contributed by atoms with Gasteiger partial charge in [-0.15, -0.1) is 0 Å². The first-order chi connectivity index (χ1) is 15.1. The van der Waals surface area contributed by atoms with Crippen LogP contribution in [-0.2, 0) is 22.6 Å². The Kier molecular flexibility index (Phi) is 8.69. The highest BCUT2D eigenvalue weighted by Gasteiger charge is 2.30. The van der Waals surface area contributed by atoms with Crippen molar-refractivity contribution in [3.63, 3.8) is 0 Å². The van der Waals surface area contributed by atoms with Crippen molar-refractivity contribution >= 4 is 11.8 Å². The van der Waals surface area contributed by atoms with Crippen LogP contribution in [0.1, 0.15) is 68.6 Å². The summed E-state index contributed by atoms with van der Waals surface area (Å²) >= 11 is 0. The summed E-state index contributed by atoms with van der Waals surface area (Å²) in [5.41, 5.74) is 3.39. The van der Waals surface area contributed by atoms with E-state index in [0.29, 0.717) is 25.8 Å². The molecule has 0 heterocycles. The number of nitrogens with zero attached hydrogens (tertiary/aromatic N) is 1. The summed E-state index contributed by atoms with van der Waals surface area (Å²) in [6, 6.07) is 18.1. The third-order valence-electron chi connectivity index (χ3n) is 6.28. The van der Waals surface area contributed by atoms with E-state index in [1.807, 2.05) is 37.3 Å². The first kappa shape index (κ1) is 23.1. The van der Waals surface area contributed by atoms with Crippen LogP contribution in [0, 0.1) is 6.92 Å². The highest BCUT2D eigenvalue weighted by atomic mass is 16.2. The van der Waals surface area contributed by atoms with Crippen molar-refractivity contribution in [2.45, 2.75) is 83.8 Å². The van der Waals surface area contributed by atoms with Gasteiger partial charge in [0.2, 0.25) is 11.8 Å². The van der Waals surface area contributed by atoms with Gasteiger partial charge in [0.15, 0.2) is 0 Å². The maximum atomic E-state index is 13.3. The lowest BCUT2D eigenvalue weighted by atomic mass is 9.95. The summed E-state index contributed by atoms with van der Waals surface area (Å²) in [5.74, 6) is 0.0321. The average Bonchev–Trinajstić information content (AvgIpc) is 2.80. The Morgan fingerprint density at radius 1 is 0.968 bits per heavy atom. The SMILES string of the molecule is CC[C@@H](C(=O)NC1CCCCC1)N(Cc1ccc(C)cc1)C(=O)CCc1ccccc1. The summed E-state index contributed by atoms with van der Waals surface area (Å²) in [6.07, 6.45) is 7.39. The number of nitrogens with one attached hydrogen (secondary N) is 1. The van der Waals surface area contributed by atoms with Gasteiger partial charge in [-0.25, -0.2) is 0 Å². The Morgan fingerprint density at radius 2 is 1.65 bits per heavy atom. The number of benzene rings is 2. The standard InChI is InChI=1S/C27H36N2O2/c1-3-25(27(31)28-24-12-8-5-9-13-24)29(20-23-16-14-21(2)15-17-23)26(30)19-18-22-10-6-4-7-11-22/h4,6-7,10-11,14-17,24-25H,3,5,8-9,12-13,18-20H2,1-2H3,(H,28,31)/t25-/m0/s1. The predicted molar refractivity (Wildman–Crippen MR) is 126 cm³/mol. The van der Waals surface area contributed by atoms with Crippen LogP contribution in [0.2, 0.25) is 0 Å². The first-order valence-electron chi connectivity index (χ1n) is 11.8. The lowest BCUT2D eigenvalue weighted by Gasteiger charge is -2.33. The molecule has 0 radical (unpaired) electrons. The van der Waals surface area contributed by atoms with Crippen molar-refractivity contribution in [1.82, 2.24) is 10.2 Å². The van der Waals surface area contributed by atoms with Crippen LogP contribution in [0.3, 0.4) is 0 Å². The fraction of sp³-hybridized carbons (Fsp3) is 0.481. The van der Waals surface area contributed by atoms with E-state index >= 15 is 0 Å². The first-order valence-corrected chi connectivity index (χ1v) is 11.8. The third kappa shape index (κ3) is 6.95. The summed E-state index contributed by atoms with van der Waals surface area (Å²) in [5, 5.41) is 3.24. The fourth-order valence-corrected chi connectivity index (χ4v) is 4.39. The van der Waals surface area contributed by atoms with Crippen LogP contribution in [0.5, 0.6) is 0 Å². The van der Waals surface area contributed by atoms with Crippen molar-refractivity contribution in [2.75, 3.05) is 0 Å². The Labute approximate surface area is 187 Å².